The van der Waals surface area contributed by atoms with Crippen LogP contribution in [0.5, 0.6) is 0 Å². The molecule has 2 aliphatic rings. The SMILES string of the molecule is CC.CC(C)C1NC(=O)C(C)(C)/C=C/c2ccc3ccc(nc3c2)[C@@H](C)OC(=O)C2CCCN(N2)C(=O)C(Cn2cccn2)NC1=O. The van der Waals surface area contributed by atoms with Crippen molar-refractivity contribution >= 4 is 40.7 Å². The maximum Gasteiger partial charge on any atom is 0.325 e. The van der Waals surface area contributed by atoms with Crippen molar-refractivity contribution in [2.45, 2.75) is 92.1 Å². The minimum Gasteiger partial charge on any atom is -0.455 e. The van der Waals surface area contributed by atoms with E-state index in [1.165, 1.54) is 5.01 Å². The third kappa shape index (κ3) is 8.62. The first-order valence-electron chi connectivity index (χ1n) is 16.4. The largest absolute Gasteiger partial charge is 0.455 e. The van der Waals surface area contributed by atoms with E-state index in [0.717, 1.165) is 16.5 Å². The summed E-state index contributed by atoms with van der Waals surface area (Å²) < 4.78 is 7.37. The Morgan fingerprint density at radius 3 is 2.51 bits per heavy atom. The van der Waals surface area contributed by atoms with E-state index in [0.29, 0.717) is 25.1 Å². The van der Waals surface area contributed by atoms with Crippen molar-refractivity contribution in [1.82, 2.24) is 35.8 Å². The van der Waals surface area contributed by atoms with Gasteiger partial charge in [0.2, 0.25) is 11.8 Å². The van der Waals surface area contributed by atoms with Gasteiger partial charge in [-0.05, 0) is 63.3 Å². The molecule has 3 aromatic rings. The second-order valence-electron chi connectivity index (χ2n) is 12.6. The van der Waals surface area contributed by atoms with Crippen molar-refractivity contribution in [2.24, 2.45) is 11.3 Å². The molecule has 3 amide bonds. The summed E-state index contributed by atoms with van der Waals surface area (Å²) in [5, 5.41) is 12.3. The molecular formula is C35H47N7O5. The molecule has 3 N–H and O–H groups in total. The molecule has 1 aromatic carbocycles. The van der Waals surface area contributed by atoms with Gasteiger partial charge in [-0.2, -0.15) is 5.10 Å². The predicted octanol–water partition coefficient (Wildman–Crippen LogP) is 3.94. The molecule has 1 saturated heterocycles. The minimum atomic E-state index is -1.03. The Kier molecular flexibility index (Phi) is 11.5. The lowest BCUT2D eigenvalue weighted by Crippen LogP contribution is -2.62. The zero-order valence-corrected chi connectivity index (χ0v) is 28.3. The van der Waals surface area contributed by atoms with Crippen LogP contribution in [0.25, 0.3) is 17.0 Å². The van der Waals surface area contributed by atoms with Crippen molar-refractivity contribution in [3.05, 3.63) is 66.1 Å². The Morgan fingerprint density at radius 2 is 1.81 bits per heavy atom. The quantitative estimate of drug-likeness (QED) is 0.363. The number of rotatable bonds is 3. The van der Waals surface area contributed by atoms with E-state index in [1.807, 2.05) is 64.1 Å². The molecule has 5 bridgehead atoms. The number of nitrogens with zero attached hydrogens (tertiary/aromatic N) is 4. The zero-order valence-electron chi connectivity index (χ0n) is 28.3. The molecule has 47 heavy (non-hydrogen) atoms. The lowest BCUT2D eigenvalue weighted by atomic mass is 9.89. The van der Waals surface area contributed by atoms with Gasteiger partial charge < -0.3 is 15.4 Å². The van der Waals surface area contributed by atoms with Crippen molar-refractivity contribution in [3.63, 3.8) is 0 Å². The zero-order chi connectivity index (χ0) is 34.3. The second kappa shape index (κ2) is 15.3. The minimum absolute atomic E-state index is 0.0571. The summed E-state index contributed by atoms with van der Waals surface area (Å²) in [4.78, 5) is 59.2. The summed E-state index contributed by atoms with van der Waals surface area (Å²) in [6.45, 7) is 13.4. The number of carbonyl (C=O) groups excluding carboxylic acids is 4. The van der Waals surface area contributed by atoms with Crippen LogP contribution in [-0.2, 0) is 30.5 Å². The maximum atomic E-state index is 13.9. The number of cyclic esters (lactones) is 1. The summed E-state index contributed by atoms with van der Waals surface area (Å²) in [5.74, 6) is -2.03. The molecule has 2 aliphatic heterocycles. The van der Waals surface area contributed by atoms with Gasteiger partial charge >= 0.3 is 5.97 Å². The van der Waals surface area contributed by atoms with E-state index in [4.69, 9.17) is 9.72 Å². The molecule has 4 atom stereocenters. The van der Waals surface area contributed by atoms with Crippen molar-refractivity contribution < 1.29 is 23.9 Å². The van der Waals surface area contributed by atoms with E-state index in [9.17, 15) is 19.2 Å². The van der Waals surface area contributed by atoms with Gasteiger partial charge in [0.1, 0.15) is 24.2 Å². The number of benzene rings is 1. The fraction of sp³-hybridized carbons (Fsp3) is 0.486. The third-order valence-corrected chi connectivity index (χ3v) is 8.24. The van der Waals surface area contributed by atoms with Gasteiger partial charge in [0.05, 0.1) is 23.2 Å². The molecule has 1 fully saturated rings. The predicted molar refractivity (Wildman–Crippen MR) is 179 cm³/mol. The molecule has 12 nitrogen and oxygen atoms in total. The summed E-state index contributed by atoms with van der Waals surface area (Å²) in [6, 6.07) is 8.58. The number of amides is 3. The Hall–Kier alpha value is -4.58. The monoisotopic (exact) mass is 645 g/mol. The number of hydrazine groups is 1. The van der Waals surface area contributed by atoms with Gasteiger partial charge in [0, 0.05) is 24.3 Å². The van der Waals surface area contributed by atoms with Gasteiger partial charge in [-0.3, -0.25) is 28.9 Å². The van der Waals surface area contributed by atoms with E-state index >= 15 is 0 Å². The number of carbonyl (C=O) groups is 4. The molecule has 252 valence electrons. The normalized spacial score (nSPS) is 24.6. The average molecular weight is 646 g/mol. The lowest BCUT2D eigenvalue weighted by Gasteiger charge is -2.36. The number of nitrogens with one attached hydrogen (secondary N) is 3. The highest BCUT2D eigenvalue weighted by atomic mass is 16.5. The summed E-state index contributed by atoms with van der Waals surface area (Å²) >= 11 is 0. The standard InChI is InChI=1S/C33H41N7O5.C2H6/c1-20(2)28-29(41)36-27(19-39-16-7-15-34-39)30(42)40-17-6-8-25(38-40)31(43)45-21(3)24-12-11-23-10-9-22(18-26(23)35-24)13-14-33(4,5)32(44)37-28;1-2/h7,9-16,18,20-21,25,27-28,38H,6,8,17,19H2,1-5H3,(H,36,41)(H,37,44);1-2H3/b14-13+;/t21-,25?,27?,28?;/m1./s1. The first-order valence-corrected chi connectivity index (χ1v) is 16.4. The van der Waals surface area contributed by atoms with Crippen LogP contribution in [-0.4, -0.2) is 68.1 Å². The summed E-state index contributed by atoms with van der Waals surface area (Å²) in [7, 11) is 0. The molecule has 12 heteroatoms. The molecule has 5 rings (SSSR count). The highest BCUT2D eigenvalue weighted by Crippen LogP contribution is 2.25. The van der Waals surface area contributed by atoms with Gasteiger partial charge in [-0.1, -0.05) is 58.0 Å². The van der Waals surface area contributed by atoms with Crippen LogP contribution >= 0.6 is 0 Å². The highest BCUT2D eigenvalue weighted by Gasteiger charge is 2.37. The number of pyridine rings is 1. The Bertz CT molecular complexity index is 1600. The van der Waals surface area contributed by atoms with Crippen molar-refractivity contribution in [3.8, 4) is 0 Å². The molecule has 0 aliphatic carbocycles. The van der Waals surface area contributed by atoms with Gasteiger partial charge in [-0.25, -0.2) is 10.4 Å². The second-order valence-corrected chi connectivity index (χ2v) is 12.6. The Labute approximate surface area is 276 Å². The fourth-order valence-corrected chi connectivity index (χ4v) is 5.38. The van der Waals surface area contributed by atoms with Crippen LogP contribution in [0.15, 0.2) is 54.9 Å². The first kappa shape index (κ1) is 35.3. The van der Waals surface area contributed by atoms with Crippen molar-refractivity contribution in [2.75, 3.05) is 6.54 Å². The molecule has 4 heterocycles. The van der Waals surface area contributed by atoms with Crippen LogP contribution in [0.1, 0.15) is 78.7 Å². The van der Waals surface area contributed by atoms with Crippen LogP contribution in [0.3, 0.4) is 0 Å². The average Bonchev–Trinajstić information content (AvgIpc) is 3.58. The Balaban J connectivity index is 0.00000245. The van der Waals surface area contributed by atoms with Crippen LogP contribution in [0, 0.1) is 11.3 Å². The Morgan fingerprint density at radius 1 is 1.06 bits per heavy atom. The number of esters is 1. The molecule has 3 unspecified atom stereocenters. The van der Waals surface area contributed by atoms with E-state index in [-0.39, 0.29) is 18.4 Å². The number of hydrogen-bond acceptors (Lipinski definition) is 8. The van der Waals surface area contributed by atoms with Crippen LogP contribution in [0.2, 0.25) is 0 Å². The van der Waals surface area contributed by atoms with Gasteiger partial charge in [0.15, 0.2) is 0 Å². The summed E-state index contributed by atoms with van der Waals surface area (Å²) in [5.41, 5.74) is 4.21. The number of ether oxygens (including phenoxy) is 1. The number of aromatic nitrogens is 3. The van der Waals surface area contributed by atoms with E-state index < -0.39 is 47.4 Å². The van der Waals surface area contributed by atoms with Crippen LogP contribution < -0.4 is 16.1 Å². The van der Waals surface area contributed by atoms with E-state index in [2.05, 4.69) is 21.2 Å². The third-order valence-electron chi connectivity index (χ3n) is 8.24. The first-order chi connectivity index (χ1) is 22.4. The molecule has 2 aromatic heterocycles. The van der Waals surface area contributed by atoms with Gasteiger partial charge in [0.25, 0.3) is 5.91 Å². The molecule has 0 spiro atoms. The summed E-state index contributed by atoms with van der Waals surface area (Å²) in [6.07, 6.45) is 7.32. The smallest absolute Gasteiger partial charge is 0.325 e. The molecule has 0 saturated carbocycles. The lowest BCUT2D eigenvalue weighted by molar-refractivity contribution is -0.157. The molecule has 0 radical (unpaired) electrons. The van der Waals surface area contributed by atoms with E-state index in [1.54, 1.807) is 50.0 Å². The molecular weight excluding hydrogens is 598 g/mol. The topological polar surface area (TPSA) is 148 Å². The fourth-order valence-electron chi connectivity index (χ4n) is 5.38. The van der Waals surface area contributed by atoms with Gasteiger partial charge in [-0.15, -0.1) is 0 Å². The highest BCUT2D eigenvalue weighted by molar-refractivity contribution is 5.94. The maximum absolute atomic E-state index is 13.9. The van der Waals surface area contributed by atoms with Crippen molar-refractivity contribution in [1.29, 1.82) is 0 Å². The van der Waals surface area contributed by atoms with Crippen LogP contribution in [0.4, 0.5) is 0 Å². The number of hydrogen-bond donors (Lipinski definition) is 3. The number of fused-ring (bicyclic) bond motifs is 4.